The Morgan fingerprint density at radius 1 is 1.33 bits per heavy atom. The highest BCUT2D eigenvalue weighted by molar-refractivity contribution is 5.79. The summed E-state index contributed by atoms with van der Waals surface area (Å²) in [5.74, 6) is -0.0696. The molecule has 0 spiro atoms. The van der Waals surface area contributed by atoms with Crippen LogP contribution < -0.4 is 5.32 Å². The Morgan fingerprint density at radius 2 is 2.00 bits per heavy atom. The number of hydrogen-bond acceptors (Lipinski definition) is 4. The Hall–Kier alpha value is -1.14. The number of hydrogen-bond donors (Lipinski definition) is 2. The Morgan fingerprint density at radius 3 is 2.61 bits per heavy atom. The fourth-order valence-electron chi connectivity index (χ4n) is 1.71. The van der Waals surface area contributed by atoms with Crippen molar-refractivity contribution in [3.8, 4) is 0 Å². The van der Waals surface area contributed by atoms with Gasteiger partial charge in [-0.1, -0.05) is 0 Å². The number of rotatable bonds is 6. The van der Waals surface area contributed by atoms with Crippen LogP contribution in [-0.2, 0) is 14.3 Å². The van der Waals surface area contributed by atoms with E-state index < -0.39 is 6.10 Å². The molecule has 104 valence electrons. The van der Waals surface area contributed by atoms with Crippen molar-refractivity contribution in [1.29, 1.82) is 0 Å². The molecule has 1 rings (SSSR count). The van der Waals surface area contributed by atoms with E-state index >= 15 is 0 Å². The number of amides is 2. The molecule has 1 saturated heterocycles. The van der Waals surface area contributed by atoms with Crippen LogP contribution in [-0.4, -0.2) is 60.8 Å². The molecule has 0 aliphatic carbocycles. The van der Waals surface area contributed by atoms with Crippen LogP contribution in [0.2, 0.25) is 0 Å². The predicted octanol–water partition coefficient (Wildman–Crippen LogP) is -0.487. The second-order valence-corrected chi connectivity index (χ2v) is 4.48. The lowest BCUT2D eigenvalue weighted by atomic mass is 10.2. The standard InChI is InChI=1S/C12H22N2O4/c1-10(15)2-3-11(16)13-5-4-12(17)14-6-8-18-9-7-14/h10,15H,2-9H2,1H3,(H,13,16). The summed E-state index contributed by atoms with van der Waals surface area (Å²) in [6.07, 6.45) is 0.596. The van der Waals surface area contributed by atoms with Crippen molar-refractivity contribution in [3.05, 3.63) is 0 Å². The molecule has 0 radical (unpaired) electrons. The van der Waals surface area contributed by atoms with Gasteiger partial charge in [0.15, 0.2) is 0 Å². The summed E-state index contributed by atoms with van der Waals surface area (Å²) in [6, 6.07) is 0. The quantitative estimate of drug-likeness (QED) is 0.674. The highest BCUT2D eigenvalue weighted by Gasteiger charge is 2.16. The van der Waals surface area contributed by atoms with E-state index in [2.05, 4.69) is 5.32 Å². The van der Waals surface area contributed by atoms with Gasteiger partial charge in [-0.3, -0.25) is 9.59 Å². The van der Waals surface area contributed by atoms with Gasteiger partial charge in [-0.2, -0.15) is 0 Å². The number of aliphatic hydroxyl groups excluding tert-OH is 1. The highest BCUT2D eigenvalue weighted by Crippen LogP contribution is 2.00. The lowest BCUT2D eigenvalue weighted by molar-refractivity contribution is -0.135. The maximum atomic E-state index is 11.7. The lowest BCUT2D eigenvalue weighted by Gasteiger charge is -2.26. The molecule has 1 fully saturated rings. The summed E-state index contributed by atoms with van der Waals surface area (Å²) in [6.45, 7) is 4.45. The van der Waals surface area contributed by atoms with Crippen LogP contribution in [0.3, 0.4) is 0 Å². The number of carbonyl (C=O) groups is 2. The number of aliphatic hydroxyl groups is 1. The van der Waals surface area contributed by atoms with Crippen LogP contribution in [0.4, 0.5) is 0 Å². The first-order chi connectivity index (χ1) is 8.59. The molecule has 0 saturated carbocycles. The van der Waals surface area contributed by atoms with Gasteiger partial charge in [-0.25, -0.2) is 0 Å². The molecule has 6 heteroatoms. The van der Waals surface area contributed by atoms with Crippen molar-refractivity contribution in [3.63, 3.8) is 0 Å². The minimum absolute atomic E-state index is 0.0501. The van der Waals surface area contributed by atoms with Crippen LogP contribution in [0.15, 0.2) is 0 Å². The molecule has 2 amide bonds. The van der Waals surface area contributed by atoms with Crippen molar-refractivity contribution in [1.82, 2.24) is 10.2 Å². The molecule has 2 N–H and O–H groups in total. The molecule has 0 bridgehead atoms. The average molecular weight is 258 g/mol. The minimum Gasteiger partial charge on any atom is -0.393 e. The van der Waals surface area contributed by atoms with Crippen molar-refractivity contribution >= 4 is 11.8 Å². The SMILES string of the molecule is CC(O)CCC(=O)NCCC(=O)N1CCOCC1. The Kier molecular flexibility index (Phi) is 6.67. The van der Waals surface area contributed by atoms with Gasteiger partial charge in [0.05, 0.1) is 19.3 Å². The molecule has 0 aromatic carbocycles. The molecule has 18 heavy (non-hydrogen) atoms. The Bertz CT molecular complexity index is 275. The smallest absolute Gasteiger partial charge is 0.224 e. The summed E-state index contributed by atoms with van der Waals surface area (Å²) < 4.78 is 5.16. The fraction of sp³-hybridized carbons (Fsp3) is 0.833. The first kappa shape index (κ1) is 14.9. The van der Waals surface area contributed by atoms with Crippen molar-refractivity contribution < 1.29 is 19.4 Å². The molecule has 0 aromatic rings. The number of carbonyl (C=O) groups excluding carboxylic acids is 2. The lowest BCUT2D eigenvalue weighted by Crippen LogP contribution is -2.42. The number of morpholine rings is 1. The monoisotopic (exact) mass is 258 g/mol. The Labute approximate surface area is 107 Å². The van der Waals surface area contributed by atoms with Crippen LogP contribution in [0.5, 0.6) is 0 Å². The van der Waals surface area contributed by atoms with Crippen LogP contribution >= 0.6 is 0 Å². The maximum Gasteiger partial charge on any atom is 0.224 e. The number of nitrogens with one attached hydrogen (secondary N) is 1. The zero-order valence-electron chi connectivity index (χ0n) is 10.9. The molecule has 0 aromatic heterocycles. The van der Waals surface area contributed by atoms with E-state index in [-0.39, 0.29) is 11.8 Å². The van der Waals surface area contributed by atoms with Crippen molar-refractivity contribution in [2.24, 2.45) is 0 Å². The van der Waals surface area contributed by atoms with Crippen molar-refractivity contribution in [2.45, 2.75) is 32.3 Å². The third kappa shape index (κ3) is 5.97. The number of nitrogens with zero attached hydrogens (tertiary/aromatic N) is 1. The average Bonchev–Trinajstić information content (AvgIpc) is 2.37. The third-order valence-electron chi connectivity index (χ3n) is 2.81. The largest absolute Gasteiger partial charge is 0.393 e. The van der Waals surface area contributed by atoms with Gasteiger partial charge in [-0.05, 0) is 13.3 Å². The van der Waals surface area contributed by atoms with Gasteiger partial charge < -0.3 is 20.1 Å². The first-order valence-electron chi connectivity index (χ1n) is 6.40. The van der Waals surface area contributed by atoms with Crippen molar-refractivity contribution in [2.75, 3.05) is 32.8 Å². The molecule has 1 heterocycles. The van der Waals surface area contributed by atoms with Gasteiger partial charge in [0.2, 0.25) is 11.8 Å². The zero-order valence-corrected chi connectivity index (χ0v) is 10.9. The van der Waals surface area contributed by atoms with Gasteiger partial charge in [0.1, 0.15) is 0 Å². The molecule has 1 aliphatic heterocycles. The number of ether oxygens (including phenoxy) is 1. The summed E-state index contributed by atoms with van der Waals surface area (Å²) in [5.41, 5.74) is 0. The van der Waals surface area contributed by atoms with Crippen LogP contribution in [0.25, 0.3) is 0 Å². The minimum atomic E-state index is -0.467. The first-order valence-corrected chi connectivity index (χ1v) is 6.40. The predicted molar refractivity (Wildman–Crippen MR) is 65.9 cm³/mol. The zero-order chi connectivity index (χ0) is 13.4. The molecule has 1 unspecified atom stereocenters. The Balaban J connectivity index is 2.09. The van der Waals surface area contributed by atoms with Gasteiger partial charge in [-0.15, -0.1) is 0 Å². The van der Waals surface area contributed by atoms with E-state index in [0.29, 0.717) is 52.1 Å². The third-order valence-corrected chi connectivity index (χ3v) is 2.81. The van der Waals surface area contributed by atoms with E-state index in [9.17, 15) is 9.59 Å². The molecule has 1 atom stereocenters. The van der Waals surface area contributed by atoms with Crippen LogP contribution in [0, 0.1) is 0 Å². The van der Waals surface area contributed by atoms with Gasteiger partial charge >= 0.3 is 0 Å². The molecule has 6 nitrogen and oxygen atoms in total. The maximum absolute atomic E-state index is 11.7. The topological polar surface area (TPSA) is 78.9 Å². The summed E-state index contributed by atoms with van der Waals surface area (Å²) in [7, 11) is 0. The summed E-state index contributed by atoms with van der Waals surface area (Å²) in [4.78, 5) is 24.8. The second-order valence-electron chi connectivity index (χ2n) is 4.48. The molecular weight excluding hydrogens is 236 g/mol. The second kappa shape index (κ2) is 8.05. The van der Waals surface area contributed by atoms with E-state index in [1.54, 1.807) is 11.8 Å². The molecule has 1 aliphatic rings. The van der Waals surface area contributed by atoms with Crippen LogP contribution in [0.1, 0.15) is 26.2 Å². The fourth-order valence-corrected chi connectivity index (χ4v) is 1.71. The van der Waals surface area contributed by atoms with E-state index in [1.165, 1.54) is 0 Å². The normalized spacial score (nSPS) is 17.3. The van der Waals surface area contributed by atoms with E-state index in [0.717, 1.165) is 0 Å². The summed E-state index contributed by atoms with van der Waals surface area (Å²) in [5, 5.41) is 11.7. The van der Waals surface area contributed by atoms with Gasteiger partial charge in [0.25, 0.3) is 0 Å². The van der Waals surface area contributed by atoms with Gasteiger partial charge in [0, 0.05) is 32.5 Å². The summed E-state index contributed by atoms with van der Waals surface area (Å²) >= 11 is 0. The van der Waals surface area contributed by atoms with E-state index in [4.69, 9.17) is 9.84 Å². The molecular formula is C12H22N2O4. The van der Waals surface area contributed by atoms with E-state index in [1.807, 2.05) is 0 Å². The highest BCUT2D eigenvalue weighted by atomic mass is 16.5.